The van der Waals surface area contributed by atoms with E-state index in [1.807, 2.05) is 43.0 Å². The van der Waals surface area contributed by atoms with Crippen molar-refractivity contribution in [1.82, 2.24) is 10.1 Å². The third-order valence-electron chi connectivity index (χ3n) is 5.27. The van der Waals surface area contributed by atoms with Crippen molar-refractivity contribution in [2.45, 2.75) is 26.2 Å². The minimum absolute atomic E-state index is 0.0678. The lowest BCUT2D eigenvalue weighted by molar-refractivity contribution is -0.117. The number of benzene rings is 2. The first kappa shape index (κ1) is 19.0. The zero-order valence-electron chi connectivity index (χ0n) is 16.9. The molecule has 1 unspecified atom stereocenters. The van der Waals surface area contributed by atoms with Crippen LogP contribution in [-0.4, -0.2) is 36.8 Å². The third-order valence-corrected chi connectivity index (χ3v) is 5.27. The summed E-state index contributed by atoms with van der Waals surface area (Å²) in [6, 6.07) is 11.5. The van der Waals surface area contributed by atoms with Gasteiger partial charge in [-0.15, -0.1) is 0 Å². The highest BCUT2D eigenvalue weighted by atomic mass is 16.5. The molecule has 7 heteroatoms. The van der Waals surface area contributed by atoms with E-state index in [1.54, 1.807) is 26.4 Å². The number of carbonyl (C=O) groups is 1. The second-order valence-corrected chi connectivity index (χ2v) is 7.17. The first-order valence-electron chi connectivity index (χ1n) is 9.44. The van der Waals surface area contributed by atoms with Gasteiger partial charge in [-0.05, 0) is 43.2 Å². The Balaban J connectivity index is 1.59. The summed E-state index contributed by atoms with van der Waals surface area (Å²) in [6.07, 6.45) is 0.349. The molecular formula is C22H23N3O4. The van der Waals surface area contributed by atoms with Gasteiger partial charge in [0.15, 0.2) is 11.5 Å². The molecule has 2 heterocycles. The van der Waals surface area contributed by atoms with Crippen molar-refractivity contribution in [3.05, 3.63) is 53.4 Å². The van der Waals surface area contributed by atoms with E-state index in [0.717, 1.165) is 22.4 Å². The van der Waals surface area contributed by atoms with Crippen molar-refractivity contribution in [3.63, 3.8) is 0 Å². The number of aryl methyl sites for hydroxylation is 2. The molecule has 0 N–H and O–H groups in total. The summed E-state index contributed by atoms with van der Waals surface area (Å²) in [6.45, 7) is 4.56. The highest BCUT2D eigenvalue weighted by Gasteiger charge is 2.36. The SMILES string of the molecule is COc1ccc(-c2noc(C3CC(=O)N(c4c(C)cccc4C)C3)n2)cc1OC. The summed E-state index contributed by atoms with van der Waals surface area (Å²) < 4.78 is 16.1. The van der Waals surface area contributed by atoms with Gasteiger partial charge in [0, 0.05) is 24.2 Å². The molecule has 150 valence electrons. The summed E-state index contributed by atoms with van der Waals surface area (Å²) in [7, 11) is 3.17. The highest BCUT2D eigenvalue weighted by Crippen LogP contribution is 2.36. The number of amides is 1. The molecular weight excluding hydrogens is 370 g/mol. The van der Waals surface area contributed by atoms with Gasteiger partial charge in [0.2, 0.25) is 17.6 Å². The molecule has 1 saturated heterocycles. The molecule has 1 aromatic heterocycles. The second-order valence-electron chi connectivity index (χ2n) is 7.17. The van der Waals surface area contributed by atoms with E-state index in [2.05, 4.69) is 10.1 Å². The smallest absolute Gasteiger partial charge is 0.232 e. The molecule has 29 heavy (non-hydrogen) atoms. The normalized spacial score (nSPS) is 16.3. The average Bonchev–Trinajstić information content (AvgIpc) is 3.35. The molecule has 7 nitrogen and oxygen atoms in total. The fourth-order valence-electron chi connectivity index (χ4n) is 3.81. The van der Waals surface area contributed by atoms with Crippen LogP contribution in [0.2, 0.25) is 0 Å². The lowest BCUT2D eigenvalue weighted by Crippen LogP contribution is -2.26. The number of aromatic nitrogens is 2. The first-order valence-corrected chi connectivity index (χ1v) is 9.44. The predicted molar refractivity (Wildman–Crippen MR) is 108 cm³/mol. The fraction of sp³-hybridized carbons (Fsp3) is 0.318. The van der Waals surface area contributed by atoms with E-state index in [-0.39, 0.29) is 11.8 Å². The summed E-state index contributed by atoms with van der Waals surface area (Å²) in [5.74, 6) is 2.08. The van der Waals surface area contributed by atoms with Gasteiger partial charge in [0.05, 0.1) is 20.1 Å². The summed E-state index contributed by atoms with van der Waals surface area (Å²) in [5, 5.41) is 4.11. The average molecular weight is 393 g/mol. The van der Waals surface area contributed by atoms with Crippen LogP contribution in [0.15, 0.2) is 40.9 Å². The van der Waals surface area contributed by atoms with Crippen molar-refractivity contribution < 1.29 is 18.8 Å². The summed E-state index contributed by atoms with van der Waals surface area (Å²) in [4.78, 5) is 19.1. The lowest BCUT2D eigenvalue weighted by Gasteiger charge is -2.21. The van der Waals surface area contributed by atoms with Crippen LogP contribution in [0.1, 0.15) is 29.4 Å². The molecule has 1 atom stereocenters. The molecule has 0 bridgehead atoms. The molecule has 0 spiro atoms. The van der Waals surface area contributed by atoms with Crippen molar-refractivity contribution >= 4 is 11.6 Å². The molecule has 2 aromatic carbocycles. The number of nitrogens with zero attached hydrogens (tertiary/aromatic N) is 3. The van der Waals surface area contributed by atoms with Crippen LogP contribution in [0.3, 0.4) is 0 Å². The van der Waals surface area contributed by atoms with Gasteiger partial charge >= 0.3 is 0 Å². The van der Waals surface area contributed by atoms with Crippen LogP contribution >= 0.6 is 0 Å². The zero-order chi connectivity index (χ0) is 20.5. The Morgan fingerprint density at radius 2 is 1.79 bits per heavy atom. The molecule has 0 radical (unpaired) electrons. The Hall–Kier alpha value is -3.35. The number of hydrogen-bond donors (Lipinski definition) is 0. The summed E-state index contributed by atoms with van der Waals surface area (Å²) in [5.41, 5.74) is 3.89. The van der Waals surface area contributed by atoms with E-state index in [9.17, 15) is 4.79 Å². The third kappa shape index (κ3) is 3.44. The number of rotatable bonds is 5. The zero-order valence-corrected chi connectivity index (χ0v) is 16.9. The predicted octanol–water partition coefficient (Wildman–Crippen LogP) is 3.89. The minimum atomic E-state index is -0.136. The second kappa shape index (κ2) is 7.58. The quantitative estimate of drug-likeness (QED) is 0.654. The van der Waals surface area contributed by atoms with Gasteiger partial charge in [-0.25, -0.2) is 0 Å². The monoisotopic (exact) mass is 393 g/mol. The number of anilines is 1. The maximum atomic E-state index is 12.7. The van der Waals surface area contributed by atoms with Gasteiger partial charge in [0.1, 0.15) is 0 Å². The Kier molecular flexibility index (Phi) is 4.96. The maximum Gasteiger partial charge on any atom is 0.232 e. The van der Waals surface area contributed by atoms with E-state index < -0.39 is 0 Å². The number of methoxy groups -OCH3 is 2. The van der Waals surface area contributed by atoms with Crippen molar-refractivity contribution in [2.75, 3.05) is 25.7 Å². The molecule has 3 aromatic rings. The van der Waals surface area contributed by atoms with Crippen LogP contribution in [-0.2, 0) is 4.79 Å². The van der Waals surface area contributed by atoms with Gasteiger partial charge in [0.25, 0.3) is 0 Å². The Morgan fingerprint density at radius 3 is 2.48 bits per heavy atom. The van der Waals surface area contributed by atoms with Crippen molar-refractivity contribution in [3.8, 4) is 22.9 Å². The van der Waals surface area contributed by atoms with E-state index in [0.29, 0.717) is 36.2 Å². The standard InChI is InChI=1S/C22H23N3O4/c1-13-6-5-7-14(2)20(13)25-12-16(11-19(25)26)22-23-21(24-29-22)15-8-9-17(27-3)18(10-15)28-4/h5-10,16H,11-12H2,1-4H3. The molecule has 1 amide bonds. The lowest BCUT2D eigenvalue weighted by atomic mass is 10.1. The van der Waals surface area contributed by atoms with Crippen LogP contribution in [0.4, 0.5) is 5.69 Å². The maximum absolute atomic E-state index is 12.7. The minimum Gasteiger partial charge on any atom is -0.493 e. The first-order chi connectivity index (χ1) is 14.0. The van der Waals surface area contributed by atoms with Crippen LogP contribution in [0.5, 0.6) is 11.5 Å². The number of para-hydroxylation sites is 1. The van der Waals surface area contributed by atoms with E-state index >= 15 is 0 Å². The Labute approximate surface area is 169 Å². The topological polar surface area (TPSA) is 77.7 Å². The largest absolute Gasteiger partial charge is 0.493 e. The molecule has 1 aliphatic rings. The van der Waals surface area contributed by atoms with Gasteiger partial charge < -0.3 is 18.9 Å². The number of hydrogen-bond acceptors (Lipinski definition) is 6. The fourth-order valence-corrected chi connectivity index (χ4v) is 3.81. The number of ether oxygens (including phenoxy) is 2. The van der Waals surface area contributed by atoms with Crippen molar-refractivity contribution in [2.24, 2.45) is 0 Å². The molecule has 0 saturated carbocycles. The van der Waals surface area contributed by atoms with Crippen LogP contribution in [0.25, 0.3) is 11.4 Å². The van der Waals surface area contributed by atoms with Gasteiger partial charge in [-0.2, -0.15) is 4.98 Å². The van der Waals surface area contributed by atoms with Crippen LogP contribution < -0.4 is 14.4 Å². The Bertz CT molecular complexity index is 1040. The molecule has 0 aliphatic carbocycles. The van der Waals surface area contributed by atoms with Crippen molar-refractivity contribution in [1.29, 1.82) is 0 Å². The van der Waals surface area contributed by atoms with Gasteiger partial charge in [-0.1, -0.05) is 23.4 Å². The highest BCUT2D eigenvalue weighted by molar-refractivity contribution is 5.97. The molecule has 4 rings (SSSR count). The Morgan fingerprint density at radius 1 is 1.07 bits per heavy atom. The van der Waals surface area contributed by atoms with E-state index in [1.165, 1.54) is 0 Å². The van der Waals surface area contributed by atoms with Crippen LogP contribution in [0, 0.1) is 13.8 Å². The molecule has 1 aliphatic heterocycles. The van der Waals surface area contributed by atoms with E-state index in [4.69, 9.17) is 14.0 Å². The number of carbonyl (C=O) groups excluding carboxylic acids is 1. The van der Waals surface area contributed by atoms with Gasteiger partial charge in [-0.3, -0.25) is 4.79 Å². The molecule has 1 fully saturated rings. The summed E-state index contributed by atoms with van der Waals surface area (Å²) >= 11 is 0.